The molecule has 10 heteroatoms. The molecule has 0 amide bonds. The number of fused-ring (bicyclic) bond motifs is 1. The predicted molar refractivity (Wildman–Crippen MR) is 136 cm³/mol. The zero-order valence-electron chi connectivity index (χ0n) is 22.2. The monoisotopic (exact) mass is 547 g/mol. The molecule has 208 valence electrons. The SMILES string of the molecule is COc1ccc(C(=O)CC[C@@](O)(c2cc3c(c(-c4ccc(F)c(C)c4)n2)OCC3(C)C)C(F)(F)F)cc1OC. The number of methoxy groups -OCH3 is 2. The van der Waals surface area contributed by atoms with E-state index in [1.807, 2.05) is 0 Å². The van der Waals surface area contributed by atoms with Crippen LogP contribution in [-0.4, -0.2) is 42.9 Å². The van der Waals surface area contributed by atoms with Gasteiger partial charge in [0.2, 0.25) is 5.60 Å². The molecule has 2 aromatic carbocycles. The highest BCUT2D eigenvalue weighted by Crippen LogP contribution is 2.49. The number of ether oxygens (including phenoxy) is 3. The van der Waals surface area contributed by atoms with Crippen LogP contribution in [0.4, 0.5) is 17.6 Å². The number of alkyl halides is 3. The predicted octanol–water partition coefficient (Wildman–Crippen LogP) is 6.30. The quantitative estimate of drug-likeness (QED) is 0.264. The molecule has 1 atom stereocenters. The second kappa shape index (κ2) is 10.1. The summed E-state index contributed by atoms with van der Waals surface area (Å²) in [6, 6.07) is 9.51. The van der Waals surface area contributed by atoms with E-state index in [1.54, 1.807) is 13.8 Å². The topological polar surface area (TPSA) is 77.9 Å². The van der Waals surface area contributed by atoms with Gasteiger partial charge in [-0.05, 0) is 61.4 Å². The van der Waals surface area contributed by atoms with E-state index in [-0.39, 0.29) is 34.9 Å². The standard InChI is InChI=1S/C29H29F4NO5/c1-16-12-18(6-8-20(16)30)25-26-19(27(2,3)15-39-26)14-24(34-25)28(36,29(31,32)33)11-10-21(35)17-7-9-22(37-4)23(13-17)38-5/h6-9,12-14,36H,10-11,15H2,1-5H3/t28-/m1/s1. The lowest BCUT2D eigenvalue weighted by molar-refractivity contribution is -0.270. The Kier molecular flexibility index (Phi) is 7.37. The van der Waals surface area contributed by atoms with Crippen LogP contribution in [0.5, 0.6) is 17.2 Å². The van der Waals surface area contributed by atoms with Crippen molar-refractivity contribution in [2.45, 2.75) is 50.8 Å². The van der Waals surface area contributed by atoms with Gasteiger partial charge in [0, 0.05) is 28.5 Å². The van der Waals surface area contributed by atoms with Gasteiger partial charge in [0.25, 0.3) is 0 Å². The molecule has 0 fully saturated rings. The first-order valence-electron chi connectivity index (χ1n) is 12.2. The number of ketones is 1. The van der Waals surface area contributed by atoms with Crippen LogP contribution in [0.25, 0.3) is 11.3 Å². The average Bonchev–Trinajstić information content (AvgIpc) is 3.21. The third-order valence-electron chi connectivity index (χ3n) is 7.02. The molecule has 0 aliphatic carbocycles. The molecule has 1 aliphatic rings. The van der Waals surface area contributed by atoms with Crippen LogP contribution in [0.3, 0.4) is 0 Å². The van der Waals surface area contributed by atoms with Crippen molar-refractivity contribution < 1.29 is 41.7 Å². The van der Waals surface area contributed by atoms with Crippen LogP contribution in [0.1, 0.15) is 53.9 Å². The molecule has 0 radical (unpaired) electrons. The van der Waals surface area contributed by atoms with E-state index in [0.29, 0.717) is 16.9 Å². The lowest BCUT2D eigenvalue weighted by atomic mass is 9.83. The van der Waals surface area contributed by atoms with Crippen molar-refractivity contribution in [3.63, 3.8) is 0 Å². The van der Waals surface area contributed by atoms with Gasteiger partial charge in [-0.15, -0.1) is 0 Å². The van der Waals surface area contributed by atoms with E-state index < -0.39 is 47.3 Å². The summed E-state index contributed by atoms with van der Waals surface area (Å²) in [6.45, 7) is 5.31. The van der Waals surface area contributed by atoms with Gasteiger partial charge in [0.05, 0.1) is 26.5 Å². The van der Waals surface area contributed by atoms with Crippen molar-refractivity contribution in [3.8, 4) is 28.5 Å². The van der Waals surface area contributed by atoms with Crippen molar-refractivity contribution in [1.82, 2.24) is 4.98 Å². The van der Waals surface area contributed by atoms with Crippen LogP contribution in [0.2, 0.25) is 0 Å². The van der Waals surface area contributed by atoms with Gasteiger partial charge in [-0.2, -0.15) is 13.2 Å². The summed E-state index contributed by atoms with van der Waals surface area (Å²) in [5.41, 5.74) is -3.58. The molecule has 1 N–H and O–H groups in total. The number of carbonyl (C=O) groups is 1. The van der Waals surface area contributed by atoms with Gasteiger partial charge in [0.15, 0.2) is 17.3 Å². The Morgan fingerprint density at radius 1 is 1.08 bits per heavy atom. The van der Waals surface area contributed by atoms with Gasteiger partial charge >= 0.3 is 6.18 Å². The third kappa shape index (κ3) is 5.17. The fraction of sp³-hybridized carbons (Fsp3) is 0.379. The van der Waals surface area contributed by atoms with Crippen LogP contribution in [0, 0.1) is 12.7 Å². The number of carbonyl (C=O) groups excluding carboxylic acids is 1. The maximum Gasteiger partial charge on any atom is 0.422 e. The maximum absolute atomic E-state index is 14.5. The smallest absolute Gasteiger partial charge is 0.422 e. The van der Waals surface area contributed by atoms with Gasteiger partial charge < -0.3 is 19.3 Å². The fourth-order valence-corrected chi connectivity index (χ4v) is 4.58. The minimum atomic E-state index is -5.16. The van der Waals surface area contributed by atoms with Crippen LogP contribution >= 0.6 is 0 Å². The molecular formula is C29H29F4NO5. The van der Waals surface area contributed by atoms with E-state index in [2.05, 4.69) is 4.98 Å². The Morgan fingerprint density at radius 2 is 1.77 bits per heavy atom. The maximum atomic E-state index is 14.5. The van der Waals surface area contributed by atoms with Gasteiger partial charge in [-0.25, -0.2) is 9.37 Å². The minimum Gasteiger partial charge on any atom is -0.493 e. The molecule has 4 rings (SSSR count). The molecule has 6 nitrogen and oxygen atoms in total. The summed E-state index contributed by atoms with van der Waals surface area (Å²) in [7, 11) is 2.79. The molecule has 0 bridgehead atoms. The second-order valence-electron chi connectivity index (χ2n) is 10.2. The second-order valence-corrected chi connectivity index (χ2v) is 10.2. The number of pyridine rings is 1. The summed E-state index contributed by atoms with van der Waals surface area (Å²) in [6.07, 6.45) is -6.76. The number of rotatable bonds is 8. The molecule has 1 aliphatic heterocycles. The molecule has 0 saturated heterocycles. The highest BCUT2D eigenvalue weighted by Gasteiger charge is 2.56. The number of nitrogens with zero attached hydrogens (tertiary/aromatic N) is 1. The van der Waals surface area contributed by atoms with Crippen LogP contribution in [0.15, 0.2) is 42.5 Å². The van der Waals surface area contributed by atoms with Crippen molar-refractivity contribution in [2.24, 2.45) is 0 Å². The molecule has 39 heavy (non-hydrogen) atoms. The molecule has 1 aromatic heterocycles. The Hall–Kier alpha value is -3.66. The van der Waals surface area contributed by atoms with Crippen molar-refractivity contribution in [1.29, 1.82) is 0 Å². The number of aryl methyl sites for hydroxylation is 1. The summed E-state index contributed by atoms with van der Waals surface area (Å²) in [5.74, 6) is -0.223. The number of halogens is 4. The summed E-state index contributed by atoms with van der Waals surface area (Å²) in [5, 5.41) is 11.2. The highest BCUT2D eigenvalue weighted by atomic mass is 19.4. The molecular weight excluding hydrogens is 518 g/mol. The zero-order valence-corrected chi connectivity index (χ0v) is 22.2. The highest BCUT2D eigenvalue weighted by molar-refractivity contribution is 5.96. The number of aromatic nitrogens is 1. The first kappa shape index (κ1) is 28.4. The molecule has 2 heterocycles. The molecule has 0 unspecified atom stereocenters. The molecule has 0 spiro atoms. The Balaban J connectivity index is 1.78. The summed E-state index contributed by atoms with van der Waals surface area (Å²) >= 11 is 0. The Morgan fingerprint density at radius 3 is 2.38 bits per heavy atom. The first-order chi connectivity index (χ1) is 18.2. The normalized spacial score (nSPS) is 15.7. The van der Waals surface area contributed by atoms with Crippen LogP contribution < -0.4 is 14.2 Å². The van der Waals surface area contributed by atoms with Crippen LogP contribution in [-0.2, 0) is 11.0 Å². The lowest BCUT2D eigenvalue weighted by Crippen LogP contribution is -2.43. The molecule has 3 aromatic rings. The zero-order chi connectivity index (χ0) is 28.8. The van der Waals surface area contributed by atoms with Gasteiger partial charge in [0.1, 0.15) is 17.3 Å². The summed E-state index contributed by atoms with van der Waals surface area (Å²) in [4.78, 5) is 17.1. The van der Waals surface area contributed by atoms with Crippen molar-refractivity contribution in [2.75, 3.05) is 20.8 Å². The summed E-state index contributed by atoms with van der Waals surface area (Å²) < 4.78 is 73.7. The number of hydrogen-bond acceptors (Lipinski definition) is 6. The van der Waals surface area contributed by atoms with E-state index in [9.17, 15) is 27.5 Å². The Labute approximate surface area is 223 Å². The van der Waals surface area contributed by atoms with E-state index in [1.165, 1.54) is 63.6 Å². The Bertz CT molecular complexity index is 1420. The van der Waals surface area contributed by atoms with Crippen molar-refractivity contribution >= 4 is 5.78 Å². The van der Waals surface area contributed by atoms with E-state index in [0.717, 1.165) is 0 Å². The average molecular weight is 548 g/mol. The third-order valence-corrected chi connectivity index (χ3v) is 7.02. The lowest BCUT2D eigenvalue weighted by Gasteiger charge is -2.31. The van der Waals surface area contributed by atoms with Gasteiger partial charge in [-0.1, -0.05) is 13.8 Å². The number of Topliss-reactive ketones (excluding diaryl/α,β-unsaturated/α-hetero) is 1. The fourth-order valence-electron chi connectivity index (χ4n) is 4.58. The molecule has 0 saturated carbocycles. The number of aliphatic hydroxyl groups is 1. The first-order valence-corrected chi connectivity index (χ1v) is 12.2. The van der Waals surface area contributed by atoms with E-state index >= 15 is 0 Å². The van der Waals surface area contributed by atoms with Crippen molar-refractivity contribution in [3.05, 3.63) is 70.7 Å². The minimum absolute atomic E-state index is 0.0602. The van der Waals surface area contributed by atoms with E-state index in [4.69, 9.17) is 14.2 Å². The number of benzene rings is 2. The number of hydrogen-bond donors (Lipinski definition) is 1. The van der Waals surface area contributed by atoms with Gasteiger partial charge in [-0.3, -0.25) is 4.79 Å². The largest absolute Gasteiger partial charge is 0.493 e.